The monoisotopic (exact) mass is 276 g/mol. The molecule has 0 saturated carbocycles. The van der Waals surface area contributed by atoms with E-state index in [1.165, 1.54) is 0 Å². The Bertz CT molecular complexity index is 347. The van der Waals surface area contributed by atoms with Crippen molar-refractivity contribution in [3.8, 4) is 0 Å². The molecule has 0 aliphatic carbocycles. The third-order valence-electron chi connectivity index (χ3n) is 2.37. The van der Waals surface area contributed by atoms with Gasteiger partial charge in [0.25, 0.3) is 0 Å². The van der Waals surface area contributed by atoms with Gasteiger partial charge in [0.2, 0.25) is 0 Å². The zero-order valence-corrected chi connectivity index (χ0v) is 11.4. The minimum absolute atomic E-state index is 0.0822. The molecule has 0 radical (unpaired) electrons. The standard InChI is InChI=1S/C12H18Cl2N2O/c1-2-5-17-8-10(16-15)6-9-3-4-11(13)12(14)7-9/h3-4,7,10,16H,2,5-6,8,15H2,1H3. The van der Waals surface area contributed by atoms with E-state index in [2.05, 4.69) is 12.3 Å². The van der Waals surface area contributed by atoms with Crippen molar-refractivity contribution in [3.05, 3.63) is 33.8 Å². The molecular formula is C12H18Cl2N2O. The maximum atomic E-state index is 5.95. The summed E-state index contributed by atoms with van der Waals surface area (Å²) in [6.07, 6.45) is 1.77. The summed E-state index contributed by atoms with van der Waals surface area (Å²) in [6.45, 7) is 3.41. The molecule has 1 unspecified atom stereocenters. The molecule has 0 spiro atoms. The number of ether oxygens (including phenoxy) is 1. The Morgan fingerprint density at radius 3 is 2.71 bits per heavy atom. The molecule has 1 aromatic carbocycles. The molecule has 96 valence electrons. The Labute approximate surface area is 112 Å². The average molecular weight is 277 g/mol. The number of halogens is 2. The number of hydrazine groups is 1. The second-order valence-electron chi connectivity index (χ2n) is 3.89. The lowest BCUT2D eigenvalue weighted by molar-refractivity contribution is 0.112. The highest BCUT2D eigenvalue weighted by Crippen LogP contribution is 2.23. The third kappa shape index (κ3) is 5.23. The molecule has 1 aromatic rings. The molecule has 0 aromatic heterocycles. The van der Waals surface area contributed by atoms with Gasteiger partial charge in [0, 0.05) is 12.6 Å². The van der Waals surface area contributed by atoms with Gasteiger partial charge in [-0.05, 0) is 30.5 Å². The SMILES string of the molecule is CCCOCC(Cc1ccc(Cl)c(Cl)c1)NN. The van der Waals surface area contributed by atoms with Gasteiger partial charge in [-0.15, -0.1) is 0 Å². The molecule has 5 heteroatoms. The van der Waals surface area contributed by atoms with Gasteiger partial charge in [0.15, 0.2) is 0 Å². The van der Waals surface area contributed by atoms with Crippen molar-refractivity contribution in [2.75, 3.05) is 13.2 Å². The minimum atomic E-state index is 0.0822. The third-order valence-corrected chi connectivity index (χ3v) is 3.11. The van der Waals surface area contributed by atoms with Crippen molar-refractivity contribution in [2.45, 2.75) is 25.8 Å². The average Bonchev–Trinajstić information content (AvgIpc) is 2.32. The van der Waals surface area contributed by atoms with Crippen LogP contribution in [-0.2, 0) is 11.2 Å². The number of hydrogen-bond donors (Lipinski definition) is 2. The molecule has 0 amide bonds. The second kappa shape index (κ2) is 7.90. The predicted octanol–water partition coefficient (Wildman–Crippen LogP) is 2.79. The van der Waals surface area contributed by atoms with Crippen molar-refractivity contribution in [1.29, 1.82) is 0 Å². The van der Waals surface area contributed by atoms with Crippen molar-refractivity contribution < 1.29 is 4.74 Å². The van der Waals surface area contributed by atoms with E-state index in [9.17, 15) is 0 Å². The van der Waals surface area contributed by atoms with Crippen LogP contribution in [0.1, 0.15) is 18.9 Å². The fourth-order valence-electron chi connectivity index (χ4n) is 1.49. The Morgan fingerprint density at radius 1 is 1.35 bits per heavy atom. The number of rotatable bonds is 7. The van der Waals surface area contributed by atoms with E-state index in [0.717, 1.165) is 25.0 Å². The van der Waals surface area contributed by atoms with Crippen molar-refractivity contribution in [1.82, 2.24) is 5.43 Å². The summed E-state index contributed by atoms with van der Waals surface area (Å²) >= 11 is 11.8. The highest BCUT2D eigenvalue weighted by atomic mass is 35.5. The first kappa shape index (κ1) is 14.7. The molecule has 3 nitrogen and oxygen atoms in total. The van der Waals surface area contributed by atoms with Crippen LogP contribution >= 0.6 is 23.2 Å². The lowest BCUT2D eigenvalue weighted by atomic mass is 10.1. The second-order valence-corrected chi connectivity index (χ2v) is 4.71. The molecule has 1 rings (SSSR count). The van der Waals surface area contributed by atoms with Crippen molar-refractivity contribution in [3.63, 3.8) is 0 Å². The first-order valence-corrected chi connectivity index (χ1v) is 6.40. The molecule has 0 aliphatic heterocycles. The van der Waals surface area contributed by atoms with E-state index in [0.29, 0.717) is 16.7 Å². The normalized spacial score (nSPS) is 12.7. The fourth-order valence-corrected chi connectivity index (χ4v) is 1.81. The van der Waals surface area contributed by atoms with Gasteiger partial charge in [0.05, 0.1) is 16.7 Å². The zero-order chi connectivity index (χ0) is 12.7. The highest BCUT2D eigenvalue weighted by Gasteiger charge is 2.09. The number of benzene rings is 1. The van der Waals surface area contributed by atoms with Gasteiger partial charge in [0.1, 0.15) is 0 Å². The smallest absolute Gasteiger partial charge is 0.0636 e. The lowest BCUT2D eigenvalue weighted by Crippen LogP contribution is -2.40. The van der Waals surface area contributed by atoms with Crippen LogP contribution in [0.4, 0.5) is 0 Å². The van der Waals surface area contributed by atoms with Crippen LogP contribution in [0.15, 0.2) is 18.2 Å². The summed E-state index contributed by atoms with van der Waals surface area (Å²) in [7, 11) is 0. The zero-order valence-electron chi connectivity index (χ0n) is 9.88. The quantitative estimate of drug-likeness (QED) is 0.457. The van der Waals surface area contributed by atoms with Gasteiger partial charge in [-0.3, -0.25) is 11.3 Å². The van der Waals surface area contributed by atoms with E-state index in [1.54, 1.807) is 6.07 Å². The molecule has 0 heterocycles. The number of nitrogens with one attached hydrogen (secondary N) is 1. The molecule has 1 atom stereocenters. The summed E-state index contributed by atoms with van der Waals surface area (Å²) in [6, 6.07) is 5.67. The first-order valence-electron chi connectivity index (χ1n) is 5.65. The molecule has 17 heavy (non-hydrogen) atoms. The minimum Gasteiger partial charge on any atom is -0.380 e. The van der Waals surface area contributed by atoms with Crippen molar-refractivity contribution in [2.24, 2.45) is 5.84 Å². The summed E-state index contributed by atoms with van der Waals surface area (Å²) in [5.41, 5.74) is 3.83. The summed E-state index contributed by atoms with van der Waals surface area (Å²) in [4.78, 5) is 0. The molecule has 0 bridgehead atoms. The molecule has 0 saturated heterocycles. The summed E-state index contributed by atoms with van der Waals surface area (Å²) in [5, 5.41) is 1.13. The Hall–Kier alpha value is -0.320. The lowest BCUT2D eigenvalue weighted by Gasteiger charge is -2.16. The predicted molar refractivity (Wildman–Crippen MR) is 72.4 cm³/mol. The topological polar surface area (TPSA) is 47.3 Å². The van der Waals surface area contributed by atoms with Gasteiger partial charge < -0.3 is 4.74 Å². The van der Waals surface area contributed by atoms with E-state index >= 15 is 0 Å². The Morgan fingerprint density at radius 2 is 2.12 bits per heavy atom. The molecule has 0 fully saturated rings. The largest absolute Gasteiger partial charge is 0.380 e. The van der Waals surface area contributed by atoms with E-state index in [4.69, 9.17) is 33.8 Å². The maximum Gasteiger partial charge on any atom is 0.0636 e. The fraction of sp³-hybridized carbons (Fsp3) is 0.500. The Kier molecular flexibility index (Phi) is 6.85. The van der Waals surface area contributed by atoms with Crippen LogP contribution in [-0.4, -0.2) is 19.3 Å². The van der Waals surface area contributed by atoms with E-state index in [1.807, 2.05) is 12.1 Å². The van der Waals surface area contributed by atoms with Gasteiger partial charge >= 0.3 is 0 Å². The van der Waals surface area contributed by atoms with Crippen molar-refractivity contribution >= 4 is 23.2 Å². The highest BCUT2D eigenvalue weighted by molar-refractivity contribution is 6.42. The van der Waals surface area contributed by atoms with E-state index < -0.39 is 0 Å². The number of hydrogen-bond acceptors (Lipinski definition) is 3. The molecule has 3 N–H and O–H groups in total. The van der Waals surface area contributed by atoms with Gasteiger partial charge in [-0.2, -0.15) is 0 Å². The van der Waals surface area contributed by atoms with E-state index in [-0.39, 0.29) is 6.04 Å². The van der Waals surface area contributed by atoms with Crippen LogP contribution in [0.5, 0.6) is 0 Å². The van der Waals surface area contributed by atoms with Gasteiger partial charge in [-0.1, -0.05) is 36.2 Å². The Balaban J connectivity index is 2.51. The van der Waals surface area contributed by atoms with Crippen LogP contribution < -0.4 is 11.3 Å². The number of nitrogens with two attached hydrogens (primary N) is 1. The maximum absolute atomic E-state index is 5.95. The summed E-state index contributed by atoms with van der Waals surface area (Å²) in [5.74, 6) is 5.48. The summed E-state index contributed by atoms with van der Waals surface area (Å²) < 4.78 is 5.46. The van der Waals surface area contributed by atoms with Crippen LogP contribution in [0.2, 0.25) is 10.0 Å². The van der Waals surface area contributed by atoms with Gasteiger partial charge in [-0.25, -0.2) is 0 Å². The van der Waals surface area contributed by atoms with Crippen LogP contribution in [0.25, 0.3) is 0 Å². The van der Waals surface area contributed by atoms with Crippen LogP contribution in [0.3, 0.4) is 0 Å². The van der Waals surface area contributed by atoms with Crippen LogP contribution in [0, 0.1) is 0 Å². The molecule has 0 aliphatic rings. The first-order chi connectivity index (χ1) is 8.17. The molecular weight excluding hydrogens is 259 g/mol.